The minimum absolute atomic E-state index is 0.183. The largest absolute Gasteiger partial charge is 0.352 e. The third-order valence-corrected chi connectivity index (χ3v) is 4.09. The van der Waals surface area contributed by atoms with Crippen LogP contribution in [-0.4, -0.2) is 27.6 Å². The van der Waals surface area contributed by atoms with Crippen molar-refractivity contribution < 1.29 is 9.18 Å². The lowest BCUT2D eigenvalue weighted by Gasteiger charge is -2.06. The zero-order valence-corrected chi connectivity index (χ0v) is 14.1. The van der Waals surface area contributed by atoms with Gasteiger partial charge in [0, 0.05) is 24.0 Å². The Morgan fingerprint density at radius 2 is 2.08 bits per heavy atom. The first-order valence-electron chi connectivity index (χ1n) is 8.05. The molecule has 0 aliphatic carbocycles. The van der Waals surface area contributed by atoms with E-state index in [1.807, 2.05) is 13.8 Å². The smallest absolute Gasteiger partial charge is 0.252 e. The number of pyridine rings is 1. The molecule has 0 bridgehead atoms. The molecule has 3 rings (SSSR count). The van der Waals surface area contributed by atoms with Crippen molar-refractivity contribution in [3.05, 3.63) is 70.9 Å². The van der Waals surface area contributed by atoms with Gasteiger partial charge < -0.3 is 5.32 Å². The predicted octanol–water partition coefficient (Wildman–Crippen LogP) is 3.20. The fraction of sp³-hybridized carbons (Fsp3) is 0.211. The van der Waals surface area contributed by atoms with Crippen molar-refractivity contribution in [1.29, 1.82) is 0 Å². The normalized spacial score (nSPS) is 10.7. The van der Waals surface area contributed by atoms with E-state index in [1.54, 1.807) is 24.3 Å². The van der Waals surface area contributed by atoms with Gasteiger partial charge in [0.2, 0.25) is 0 Å². The van der Waals surface area contributed by atoms with Gasteiger partial charge in [-0.3, -0.25) is 14.9 Å². The second-order valence-electron chi connectivity index (χ2n) is 5.86. The molecule has 2 aromatic heterocycles. The topological polar surface area (TPSA) is 70.7 Å². The quantitative estimate of drug-likeness (QED) is 0.750. The lowest BCUT2D eigenvalue weighted by Crippen LogP contribution is -2.26. The van der Waals surface area contributed by atoms with Crippen LogP contribution in [0.25, 0.3) is 11.3 Å². The van der Waals surface area contributed by atoms with Crippen molar-refractivity contribution in [1.82, 2.24) is 20.5 Å². The Kier molecular flexibility index (Phi) is 4.88. The lowest BCUT2D eigenvalue weighted by atomic mass is 10.1. The number of halogens is 1. The Morgan fingerprint density at radius 3 is 2.72 bits per heavy atom. The summed E-state index contributed by atoms with van der Waals surface area (Å²) in [6, 6.07) is 9.62. The van der Waals surface area contributed by atoms with E-state index in [2.05, 4.69) is 20.5 Å². The molecule has 0 fully saturated rings. The maximum Gasteiger partial charge on any atom is 0.252 e. The highest BCUT2D eigenvalue weighted by Crippen LogP contribution is 2.18. The van der Waals surface area contributed by atoms with Gasteiger partial charge in [0.05, 0.1) is 17.0 Å². The summed E-state index contributed by atoms with van der Waals surface area (Å²) in [5, 5.41) is 9.95. The highest BCUT2D eigenvalue weighted by atomic mass is 19.1. The maximum absolute atomic E-state index is 13.3. The van der Waals surface area contributed by atoms with Crippen molar-refractivity contribution in [3.8, 4) is 11.3 Å². The van der Waals surface area contributed by atoms with Crippen molar-refractivity contribution in [2.24, 2.45) is 0 Å². The number of aryl methyl sites for hydroxylation is 2. The molecule has 2 N–H and O–H groups in total. The summed E-state index contributed by atoms with van der Waals surface area (Å²) in [5.41, 5.74) is 4.87. The molecule has 2 heterocycles. The molecule has 128 valence electrons. The molecular formula is C19H19FN4O. The first-order valence-corrected chi connectivity index (χ1v) is 8.05. The molecule has 0 saturated carbocycles. The van der Waals surface area contributed by atoms with E-state index in [9.17, 15) is 9.18 Å². The molecule has 0 saturated heterocycles. The van der Waals surface area contributed by atoms with Gasteiger partial charge in [0.25, 0.3) is 5.91 Å². The molecule has 0 unspecified atom stereocenters. The number of carbonyl (C=O) groups excluding carboxylic acids is 1. The molecule has 3 aromatic rings. The van der Waals surface area contributed by atoms with Gasteiger partial charge in [0.1, 0.15) is 5.82 Å². The van der Waals surface area contributed by atoms with Crippen LogP contribution in [0.1, 0.15) is 27.3 Å². The van der Waals surface area contributed by atoms with Crippen LogP contribution in [0.4, 0.5) is 4.39 Å². The van der Waals surface area contributed by atoms with Crippen LogP contribution >= 0.6 is 0 Å². The van der Waals surface area contributed by atoms with Crippen LogP contribution in [0.5, 0.6) is 0 Å². The third kappa shape index (κ3) is 3.91. The van der Waals surface area contributed by atoms with Gasteiger partial charge in [-0.15, -0.1) is 0 Å². The van der Waals surface area contributed by atoms with Gasteiger partial charge in [0.15, 0.2) is 0 Å². The molecular weight excluding hydrogens is 319 g/mol. The molecule has 0 spiro atoms. The fourth-order valence-corrected chi connectivity index (χ4v) is 2.69. The number of nitrogens with zero attached hydrogens (tertiary/aromatic N) is 2. The number of amides is 1. The maximum atomic E-state index is 13.3. The van der Waals surface area contributed by atoms with Gasteiger partial charge in [-0.1, -0.05) is 12.1 Å². The monoisotopic (exact) mass is 338 g/mol. The van der Waals surface area contributed by atoms with Crippen molar-refractivity contribution in [3.63, 3.8) is 0 Å². The number of H-pyrrole nitrogens is 1. The summed E-state index contributed by atoms with van der Waals surface area (Å²) >= 11 is 0. The Hall–Kier alpha value is -3.02. The number of aromatic amines is 1. The number of hydrogen-bond donors (Lipinski definition) is 2. The Labute approximate surface area is 145 Å². The summed E-state index contributed by atoms with van der Waals surface area (Å²) in [6.07, 6.45) is 2.22. The van der Waals surface area contributed by atoms with Crippen LogP contribution in [0.15, 0.2) is 42.6 Å². The molecule has 6 heteroatoms. The fourth-order valence-electron chi connectivity index (χ4n) is 2.69. The SMILES string of the molecule is Cc1n[nH]c(C)c1CCNC(=O)c1ccc(-c2cccc(F)c2)nc1. The number of benzene rings is 1. The van der Waals surface area contributed by atoms with Crippen molar-refractivity contribution >= 4 is 5.91 Å². The first kappa shape index (κ1) is 16.8. The molecule has 0 aliphatic rings. The molecule has 0 atom stereocenters. The molecule has 0 radical (unpaired) electrons. The summed E-state index contributed by atoms with van der Waals surface area (Å²) in [7, 11) is 0. The molecule has 1 aromatic carbocycles. The summed E-state index contributed by atoms with van der Waals surface area (Å²) in [4.78, 5) is 16.5. The summed E-state index contributed by atoms with van der Waals surface area (Å²) in [6.45, 7) is 4.42. The zero-order valence-electron chi connectivity index (χ0n) is 14.1. The van der Waals surface area contributed by atoms with Crippen LogP contribution in [0.2, 0.25) is 0 Å². The van der Waals surface area contributed by atoms with E-state index in [1.165, 1.54) is 18.3 Å². The molecule has 1 amide bonds. The predicted molar refractivity (Wildman–Crippen MR) is 93.7 cm³/mol. The first-order chi connectivity index (χ1) is 12.0. The van der Waals surface area contributed by atoms with Crippen LogP contribution < -0.4 is 5.32 Å². The third-order valence-electron chi connectivity index (χ3n) is 4.09. The van der Waals surface area contributed by atoms with E-state index >= 15 is 0 Å². The van der Waals surface area contributed by atoms with E-state index in [-0.39, 0.29) is 11.7 Å². The average Bonchev–Trinajstić information content (AvgIpc) is 2.94. The number of hydrogen-bond acceptors (Lipinski definition) is 3. The van der Waals surface area contributed by atoms with Gasteiger partial charge >= 0.3 is 0 Å². The second kappa shape index (κ2) is 7.25. The van der Waals surface area contributed by atoms with Crippen LogP contribution in [0.3, 0.4) is 0 Å². The van der Waals surface area contributed by atoms with Gasteiger partial charge in [-0.2, -0.15) is 5.10 Å². The molecule has 5 nitrogen and oxygen atoms in total. The van der Waals surface area contributed by atoms with Crippen LogP contribution in [0, 0.1) is 19.7 Å². The van der Waals surface area contributed by atoms with E-state index < -0.39 is 0 Å². The van der Waals surface area contributed by atoms with Gasteiger partial charge in [-0.05, 0) is 50.1 Å². The van der Waals surface area contributed by atoms with Crippen molar-refractivity contribution in [2.75, 3.05) is 6.54 Å². The van der Waals surface area contributed by atoms with Crippen molar-refractivity contribution in [2.45, 2.75) is 20.3 Å². The highest BCUT2D eigenvalue weighted by Gasteiger charge is 2.09. The second-order valence-corrected chi connectivity index (χ2v) is 5.86. The summed E-state index contributed by atoms with van der Waals surface area (Å²) < 4.78 is 13.3. The van der Waals surface area contributed by atoms with E-state index in [0.717, 1.165) is 17.0 Å². The summed E-state index contributed by atoms with van der Waals surface area (Å²) in [5.74, 6) is -0.497. The van der Waals surface area contributed by atoms with E-state index in [4.69, 9.17) is 0 Å². The Balaban J connectivity index is 1.61. The number of aromatic nitrogens is 3. The number of rotatable bonds is 5. The standard InChI is InChI=1S/C19H19FN4O/c1-12-17(13(2)24-23-12)8-9-21-19(25)15-6-7-18(22-11-15)14-4-3-5-16(20)10-14/h3-7,10-11H,8-9H2,1-2H3,(H,21,25)(H,23,24). The van der Waals surface area contributed by atoms with E-state index in [0.29, 0.717) is 29.8 Å². The molecule has 0 aliphatic heterocycles. The Bertz CT molecular complexity index is 867. The van der Waals surface area contributed by atoms with Crippen LogP contribution in [-0.2, 0) is 6.42 Å². The van der Waals surface area contributed by atoms with Gasteiger partial charge in [-0.25, -0.2) is 4.39 Å². The molecule has 25 heavy (non-hydrogen) atoms. The minimum Gasteiger partial charge on any atom is -0.352 e. The number of carbonyl (C=O) groups is 1. The number of nitrogens with one attached hydrogen (secondary N) is 2. The minimum atomic E-state index is -0.314. The lowest BCUT2D eigenvalue weighted by molar-refractivity contribution is 0.0953. The average molecular weight is 338 g/mol. The zero-order chi connectivity index (χ0) is 17.8. The Morgan fingerprint density at radius 1 is 1.24 bits per heavy atom. The highest BCUT2D eigenvalue weighted by molar-refractivity contribution is 5.94.